The smallest absolute Gasteiger partial charge is 0.354 e. The average molecular weight is 271 g/mol. The molecule has 0 aliphatic rings. The number of halogens is 2. The summed E-state index contributed by atoms with van der Waals surface area (Å²) in [7, 11) is 0. The highest BCUT2D eigenvalue weighted by atomic mass is 19.3. The lowest BCUT2D eigenvalue weighted by Crippen LogP contribution is -2.12. The van der Waals surface area contributed by atoms with Crippen LogP contribution in [0.1, 0.15) is 42.4 Å². The average Bonchev–Trinajstić information content (AvgIpc) is 2.66. The number of rotatable bonds is 3. The van der Waals surface area contributed by atoms with Crippen LogP contribution in [0.2, 0.25) is 0 Å². The number of carboxylic acids is 1. The van der Waals surface area contributed by atoms with Gasteiger partial charge in [0.1, 0.15) is 0 Å². The molecule has 0 bridgehead atoms. The third-order valence-electron chi connectivity index (χ3n) is 2.65. The third-order valence-corrected chi connectivity index (χ3v) is 2.65. The summed E-state index contributed by atoms with van der Waals surface area (Å²) < 4.78 is 27.0. The number of hydrogen-bond donors (Lipinski definition) is 2. The Balaban J connectivity index is 2.97. The highest BCUT2D eigenvalue weighted by molar-refractivity contribution is 6.01. The van der Waals surface area contributed by atoms with Gasteiger partial charge in [-0.05, 0) is 13.8 Å². The Labute approximate surface area is 105 Å². The van der Waals surface area contributed by atoms with E-state index in [-0.39, 0.29) is 22.8 Å². The fourth-order valence-electron chi connectivity index (χ4n) is 1.91. The van der Waals surface area contributed by atoms with Gasteiger partial charge in [0.2, 0.25) is 5.56 Å². The Morgan fingerprint density at radius 1 is 1.47 bits per heavy atom. The van der Waals surface area contributed by atoms with Crippen molar-refractivity contribution in [3.63, 3.8) is 0 Å². The van der Waals surface area contributed by atoms with Gasteiger partial charge in [-0.15, -0.1) is 0 Å². The zero-order chi connectivity index (χ0) is 14.3. The molecular formula is C11H11F2N3O3. The predicted octanol–water partition coefficient (Wildman–Crippen LogP) is 1.94. The van der Waals surface area contributed by atoms with Crippen molar-refractivity contribution < 1.29 is 18.7 Å². The molecular weight excluding hydrogens is 260 g/mol. The topological polar surface area (TPSA) is 88.0 Å². The van der Waals surface area contributed by atoms with Crippen molar-refractivity contribution in [3.05, 3.63) is 27.7 Å². The number of hydrogen-bond acceptors (Lipinski definition) is 3. The SMILES string of the molecule is CC(C)n1nc2[nH]c(=O)cc(C(F)F)c2c1C(=O)O. The summed E-state index contributed by atoms with van der Waals surface area (Å²) in [6.07, 6.45) is -2.95. The van der Waals surface area contributed by atoms with Crippen molar-refractivity contribution in [1.29, 1.82) is 0 Å². The van der Waals surface area contributed by atoms with Gasteiger partial charge in [-0.25, -0.2) is 13.6 Å². The molecule has 0 aliphatic heterocycles. The lowest BCUT2D eigenvalue weighted by Gasteiger charge is -2.08. The van der Waals surface area contributed by atoms with Crippen LogP contribution >= 0.6 is 0 Å². The van der Waals surface area contributed by atoms with Gasteiger partial charge in [-0.3, -0.25) is 9.48 Å². The van der Waals surface area contributed by atoms with Crippen LogP contribution in [0.25, 0.3) is 11.0 Å². The Hall–Kier alpha value is -2.25. The molecule has 0 radical (unpaired) electrons. The highest BCUT2D eigenvalue weighted by Crippen LogP contribution is 2.29. The van der Waals surface area contributed by atoms with Gasteiger partial charge in [-0.1, -0.05) is 0 Å². The maximum absolute atomic E-state index is 12.9. The van der Waals surface area contributed by atoms with E-state index in [9.17, 15) is 23.5 Å². The van der Waals surface area contributed by atoms with Gasteiger partial charge >= 0.3 is 5.97 Å². The van der Waals surface area contributed by atoms with Gasteiger partial charge in [0, 0.05) is 17.7 Å². The Kier molecular flexibility index (Phi) is 3.09. The maximum Gasteiger partial charge on any atom is 0.354 e. The van der Waals surface area contributed by atoms with E-state index in [1.165, 1.54) is 0 Å². The van der Waals surface area contributed by atoms with Gasteiger partial charge in [0.25, 0.3) is 6.43 Å². The molecule has 0 aromatic carbocycles. The normalized spacial score (nSPS) is 11.7. The fourth-order valence-corrected chi connectivity index (χ4v) is 1.91. The number of aromatic nitrogens is 3. The molecule has 0 saturated carbocycles. The van der Waals surface area contributed by atoms with E-state index in [2.05, 4.69) is 10.1 Å². The molecule has 8 heteroatoms. The van der Waals surface area contributed by atoms with Crippen molar-refractivity contribution >= 4 is 17.0 Å². The third kappa shape index (κ3) is 2.09. The second-order valence-electron chi connectivity index (χ2n) is 4.31. The van der Waals surface area contributed by atoms with Gasteiger partial charge < -0.3 is 10.1 Å². The summed E-state index contributed by atoms with van der Waals surface area (Å²) in [6, 6.07) is 0.360. The Bertz CT molecular complexity index is 703. The van der Waals surface area contributed by atoms with Crippen molar-refractivity contribution in [3.8, 4) is 0 Å². The predicted molar refractivity (Wildman–Crippen MR) is 62.7 cm³/mol. The molecule has 19 heavy (non-hydrogen) atoms. The minimum atomic E-state index is -2.95. The molecule has 2 heterocycles. The number of aromatic carboxylic acids is 1. The summed E-state index contributed by atoms with van der Waals surface area (Å²) in [6.45, 7) is 3.33. The van der Waals surface area contributed by atoms with Crippen LogP contribution in [0, 0.1) is 0 Å². The van der Waals surface area contributed by atoms with Crippen molar-refractivity contribution in [1.82, 2.24) is 14.8 Å². The first-order chi connectivity index (χ1) is 8.82. The number of carbonyl (C=O) groups is 1. The minimum absolute atomic E-state index is 0.145. The van der Waals surface area contributed by atoms with Gasteiger partial charge in [-0.2, -0.15) is 5.10 Å². The molecule has 2 aromatic heterocycles. The summed E-state index contributed by atoms with van der Waals surface area (Å²) in [4.78, 5) is 24.8. The summed E-state index contributed by atoms with van der Waals surface area (Å²) in [5, 5.41) is 12.8. The molecule has 2 N–H and O–H groups in total. The number of carboxylic acid groups (broad SMARTS) is 1. The second kappa shape index (κ2) is 4.45. The van der Waals surface area contributed by atoms with Gasteiger partial charge in [0.05, 0.1) is 5.39 Å². The summed E-state index contributed by atoms with van der Waals surface area (Å²) in [5.74, 6) is -1.37. The van der Waals surface area contributed by atoms with Crippen LogP contribution in [0.3, 0.4) is 0 Å². The number of alkyl halides is 2. The quantitative estimate of drug-likeness (QED) is 0.892. The summed E-state index contributed by atoms with van der Waals surface area (Å²) >= 11 is 0. The van der Waals surface area contributed by atoms with Crippen LogP contribution in [-0.2, 0) is 0 Å². The highest BCUT2D eigenvalue weighted by Gasteiger charge is 2.25. The Morgan fingerprint density at radius 3 is 2.58 bits per heavy atom. The number of nitrogens with one attached hydrogen (secondary N) is 1. The van der Waals surface area contributed by atoms with E-state index in [4.69, 9.17) is 0 Å². The fraction of sp³-hybridized carbons (Fsp3) is 0.364. The maximum atomic E-state index is 12.9. The lowest BCUT2D eigenvalue weighted by molar-refractivity contribution is 0.0683. The summed E-state index contributed by atoms with van der Waals surface area (Å²) in [5.41, 5.74) is -1.86. The molecule has 2 rings (SSSR count). The Morgan fingerprint density at radius 2 is 2.11 bits per heavy atom. The first kappa shape index (κ1) is 13.2. The van der Waals surface area contributed by atoms with Crippen LogP contribution < -0.4 is 5.56 Å². The van der Waals surface area contributed by atoms with Crippen molar-refractivity contribution in [2.24, 2.45) is 0 Å². The lowest BCUT2D eigenvalue weighted by atomic mass is 10.1. The first-order valence-electron chi connectivity index (χ1n) is 5.49. The van der Waals surface area contributed by atoms with E-state index < -0.39 is 23.5 Å². The van der Waals surface area contributed by atoms with Crippen LogP contribution in [-0.4, -0.2) is 25.8 Å². The molecule has 0 unspecified atom stereocenters. The van der Waals surface area contributed by atoms with E-state index in [0.29, 0.717) is 6.07 Å². The van der Waals surface area contributed by atoms with E-state index in [0.717, 1.165) is 4.68 Å². The zero-order valence-electron chi connectivity index (χ0n) is 10.1. The molecule has 0 amide bonds. The molecule has 2 aromatic rings. The number of aromatic amines is 1. The molecule has 0 fully saturated rings. The van der Waals surface area contributed by atoms with E-state index in [1.807, 2.05) is 0 Å². The van der Waals surface area contributed by atoms with Crippen LogP contribution in [0.15, 0.2) is 10.9 Å². The standard InChI is InChI=1S/C11H11F2N3O3/c1-4(2)16-8(11(18)19)7-5(9(12)13)3-6(17)14-10(7)15-16/h3-4,9H,1-2H3,(H,18,19)(H,14,15,17). The van der Waals surface area contributed by atoms with Gasteiger partial charge in [0.15, 0.2) is 11.3 Å². The zero-order valence-corrected chi connectivity index (χ0v) is 10.1. The minimum Gasteiger partial charge on any atom is -0.477 e. The number of nitrogens with zero attached hydrogens (tertiary/aromatic N) is 2. The largest absolute Gasteiger partial charge is 0.477 e. The monoisotopic (exact) mass is 271 g/mol. The van der Waals surface area contributed by atoms with Crippen molar-refractivity contribution in [2.75, 3.05) is 0 Å². The molecule has 0 aliphatic carbocycles. The number of pyridine rings is 1. The first-order valence-corrected chi connectivity index (χ1v) is 5.49. The molecule has 0 atom stereocenters. The molecule has 0 spiro atoms. The van der Waals surface area contributed by atoms with E-state index in [1.54, 1.807) is 13.8 Å². The van der Waals surface area contributed by atoms with Crippen LogP contribution in [0.5, 0.6) is 0 Å². The van der Waals surface area contributed by atoms with E-state index >= 15 is 0 Å². The number of H-pyrrole nitrogens is 1. The number of fused-ring (bicyclic) bond motifs is 1. The molecule has 102 valence electrons. The molecule has 6 nitrogen and oxygen atoms in total. The second-order valence-corrected chi connectivity index (χ2v) is 4.31. The van der Waals surface area contributed by atoms with Crippen LogP contribution in [0.4, 0.5) is 8.78 Å². The molecule has 0 saturated heterocycles. The van der Waals surface area contributed by atoms with Crippen molar-refractivity contribution in [2.45, 2.75) is 26.3 Å².